The molecule has 0 aliphatic rings. The Hall–Kier alpha value is -1.81. The van der Waals surface area contributed by atoms with Crippen LogP contribution < -0.4 is 0 Å². The van der Waals surface area contributed by atoms with E-state index < -0.39 is 0 Å². The van der Waals surface area contributed by atoms with Crippen molar-refractivity contribution in [3.8, 4) is 5.69 Å². The molecule has 0 fully saturated rings. The minimum atomic E-state index is 0.522. The lowest BCUT2D eigenvalue weighted by atomic mass is 10.2. The predicted octanol–water partition coefficient (Wildman–Crippen LogP) is 2.72. The Bertz CT molecular complexity index is 534. The Morgan fingerprint density at radius 1 is 1.50 bits per heavy atom. The molecular weight excluding hydrogens is 226 g/mol. The van der Waals surface area contributed by atoms with Gasteiger partial charge in [-0.2, -0.15) is 5.10 Å². The van der Waals surface area contributed by atoms with Gasteiger partial charge in [0.05, 0.1) is 17.6 Å². The summed E-state index contributed by atoms with van der Waals surface area (Å²) in [6.07, 6.45) is 3.41. The standard InChI is InChI=1S/C11H10ClN3O/c1-8(14-16)9-6-13-15(7-9)11-4-2-3-10(12)5-11/h2-7,16H,1H3/b14-8+. The monoisotopic (exact) mass is 235 g/mol. The third-order valence-electron chi connectivity index (χ3n) is 2.22. The molecular formula is C11H10ClN3O. The van der Waals surface area contributed by atoms with Gasteiger partial charge in [-0.1, -0.05) is 22.8 Å². The highest BCUT2D eigenvalue weighted by Gasteiger charge is 2.04. The molecule has 82 valence electrons. The zero-order valence-corrected chi connectivity index (χ0v) is 9.39. The Morgan fingerprint density at radius 2 is 2.31 bits per heavy atom. The Balaban J connectivity index is 2.39. The maximum atomic E-state index is 8.64. The molecule has 5 heteroatoms. The molecule has 0 spiro atoms. The van der Waals surface area contributed by atoms with E-state index in [9.17, 15) is 0 Å². The van der Waals surface area contributed by atoms with E-state index in [1.807, 2.05) is 18.2 Å². The Kier molecular flexibility index (Phi) is 2.92. The first kappa shape index (κ1) is 10.7. The van der Waals surface area contributed by atoms with Crippen molar-refractivity contribution < 1.29 is 5.21 Å². The molecule has 1 aromatic heterocycles. The van der Waals surface area contributed by atoms with Crippen LogP contribution in [-0.4, -0.2) is 20.7 Å². The first-order chi connectivity index (χ1) is 7.70. The predicted molar refractivity (Wildman–Crippen MR) is 62.6 cm³/mol. The summed E-state index contributed by atoms with van der Waals surface area (Å²) in [7, 11) is 0. The second kappa shape index (κ2) is 4.37. The quantitative estimate of drug-likeness (QED) is 0.494. The number of aromatic nitrogens is 2. The molecule has 1 aromatic carbocycles. The second-order valence-corrected chi connectivity index (χ2v) is 3.78. The third kappa shape index (κ3) is 2.06. The normalized spacial score (nSPS) is 11.8. The molecule has 0 bridgehead atoms. The van der Waals surface area contributed by atoms with Crippen LogP contribution in [-0.2, 0) is 0 Å². The first-order valence-electron chi connectivity index (χ1n) is 4.70. The molecule has 4 nitrogen and oxygen atoms in total. The molecule has 0 radical (unpaired) electrons. The fourth-order valence-electron chi connectivity index (χ4n) is 1.33. The number of hydrogen-bond donors (Lipinski definition) is 1. The van der Waals surface area contributed by atoms with Crippen LogP contribution in [0, 0.1) is 0 Å². The minimum absolute atomic E-state index is 0.522. The molecule has 0 atom stereocenters. The van der Waals surface area contributed by atoms with Gasteiger partial charge in [0.1, 0.15) is 0 Å². The van der Waals surface area contributed by atoms with Crippen LogP contribution in [0.1, 0.15) is 12.5 Å². The summed E-state index contributed by atoms with van der Waals surface area (Å²) in [5, 5.41) is 16.6. The number of halogens is 1. The summed E-state index contributed by atoms with van der Waals surface area (Å²) in [5.41, 5.74) is 2.15. The number of rotatable bonds is 2. The van der Waals surface area contributed by atoms with Gasteiger partial charge in [-0.25, -0.2) is 4.68 Å². The molecule has 1 heterocycles. The number of benzene rings is 1. The number of nitrogens with zero attached hydrogens (tertiary/aromatic N) is 3. The summed E-state index contributed by atoms with van der Waals surface area (Å²) in [6, 6.07) is 7.36. The van der Waals surface area contributed by atoms with Gasteiger partial charge in [-0.15, -0.1) is 0 Å². The van der Waals surface area contributed by atoms with Crippen molar-refractivity contribution in [1.82, 2.24) is 9.78 Å². The summed E-state index contributed by atoms with van der Waals surface area (Å²) < 4.78 is 1.68. The highest BCUT2D eigenvalue weighted by molar-refractivity contribution is 6.30. The lowest BCUT2D eigenvalue weighted by Gasteiger charge is -2.00. The lowest BCUT2D eigenvalue weighted by Crippen LogP contribution is -1.94. The van der Waals surface area contributed by atoms with E-state index in [1.54, 1.807) is 30.1 Å². The molecule has 0 aliphatic heterocycles. The Morgan fingerprint density at radius 3 is 3.00 bits per heavy atom. The minimum Gasteiger partial charge on any atom is -0.411 e. The average Bonchev–Trinajstić information content (AvgIpc) is 2.77. The molecule has 0 unspecified atom stereocenters. The fraction of sp³-hybridized carbons (Fsp3) is 0.0909. The fourth-order valence-corrected chi connectivity index (χ4v) is 1.51. The Labute approximate surface area is 97.8 Å². The van der Waals surface area contributed by atoms with Crippen LogP contribution in [0.3, 0.4) is 0 Å². The molecule has 0 saturated heterocycles. The van der Waals surface area contributed by atoms with Crippen LogP contribution >= 0.6 is 11.6 Å². The van der Waals surface area contributed by atoms with Gasteiger partial charge in [-0.3, -0.25) is 0 Å². The van der Waals surface area contributed by atoms with Gasteiger partial charge < -0.3 is 5.21 Å². The smallest absolute Gasteiger partial charge is 0.0868 e. The van der Waals surface area contributed by atoms with E-state index >= 15 is 0 Å². The van der Waals surface area contributed by atoms with Gasteiger partial charge in [0, 0.05) is 16.8 Å². The SMILES string of the molecule is C/C(=N\O)c1cnn(-c2cccc(Cl)c2)c1. The number of oxime groups is 1. The molecule has 2 rings (SSSR count). The van der Waals surface area contributed by atoms with E-state index in [4.69, 9.17) is 16.8 Å². The van der Waals surface area contributed by atoms with Crippen molar-refractivity contribution in [2.24, 2.45) is 5.16 Å². The largest absolute Gasteiger partial charge is 0.411 e. The second-order valence-electron chi connectivity index (χ2n) is 3.34. The van der Waals surface area contributed by atoms with Crippen molar-refractivity contribution in [1.29, 1.82) is 0 Å². The van der Waals surface area contributed by atoms with Gasteiger partial charge in [0.15, 0.2) is 0 Å². The van der Waals surface area contributed by atoms with Gasteiger partial charge >= 0.3 is 0 Å². The highest BCUT2D eigenvalue weighted by Crippen LogP contribution is 2.14. The zero-order valence-electron chi connectivity index (χ0n) is 8.63. The summed E-state index contributed by atoms with van der Waals surface area (Å²) in [5.74, 6) is 0. The van der Waals surface area contributed by atoms with Crippen molar-refractivity contribution in [3.05, 3.63) is 47.2 Å². The van der Waals surface area contributed by atoms with E-state index in [-0.39, 0.29) is 0 Å². The molecule has 16 heavy (non-hydrogen) atoms. The first-order valence-corrected chi connectivity index (χ1v) is 5.08. The summed E-state index contributed by atoms with van der Waals surface area (Å²) in [4.78, 5) is 0. The van der Waals surface area contributed by atoms with Gasteiger partial charge in [0.2, 0.25) is 0 Å². The van der Waals surface area contributed by atoms with Crippen LogP contribution in [0.25, 0.3) is 5.69 Å². The van der Waals surface area contributed by atoms with Crippen LogP contribution in [0.4, 0.5) is 0 Å². The van der Waals surface area contributed by atoms with E-state index in [0.29, 0.717) is 10.7 Å². The van der Waals surface area contributed by atoms with Gasteiger partial charge in [0.25, 0.3) is 0 Å². The molecule has 0 saturated carbocycles. The van der Waals surface area contributed by atoms with Crippen molar-refractivity contribution in [2.75, 3.05) is 0 Å². The lowest BCUT2D eigenvalue weighted by molar-refractivity contribution is 0.319. The van der Waals surface area contributed by atoms with E-state index in [0.717, 1.165) is 11.3 Å². The van der Waals surface area contributed by atoms with Crippen molar-refractivity contribution in [3.63, 3.8) is 0 Å². The average molecular weight is 236 g/mol. The maximum Gasteiger partial charge on any atom is 0.0868 e. The zero-order chi connectivity index (χ0) is 11.5. The van der Waals surface area contributed by atoms with Crippen LogP contribution in [0.2, 0.25) is 5.02 Å². The molecule has 0 amide bonds. The molecule has 0 aliphatic carbocycles. The van der Waals surface area contributed by atoms with E-state index in [1.165, 1.54) is 0 Å². The summed E-state index contributed by atoms with van der Waals surface area (Å²) in [6.45, 7) is 1.71. The van der Waals surface area contributed by atoms with E-state index in [2.05, 4.69) is 10.3 Å². The summed E-state index contributed by atoms with van der Waals surface area (Å²) >= 11 is 5.89. The van der Waals surface area contributed by atoms with Gasteiger partial charge in [-0.05, 0) is 25.1 Å². The maximum absolute atomic E-state index is 8.64. The van der Waals surface area contributed by atoms with Crippen LogP contribution in [0.15, 0.2) is 41.8 Å². The molecule has 2 aromatic rings. The molecule has 1 N–H and O–H groups in total. The number of hydrogen-bond acceptors (Lipinski definition) is 3. The van der Waals surface area contributed by atoms with Crippen LogP contribution in [0.5, 0.6) is 0 Å². The topological polar surface area (TPSA) is 50.4 Å². The van der Waals surface area contributed by atoms with Crippen molar-refractivity contribution in [2.45, 2.75) is 6.92 Å². The third-order valence-corrected chi connectivity index (χ3v) is 2.46. The van der Waals surface area contributed by atoms with Crippen molar-refractivity contribution >= 4 is 17.3 Å². The highest BCUT2D eigenvalue weighted by atomic mass is 35.5.